The quantitative estimate of drug-likeness (QED) is 0.806. The lowest BCUT2D eigenvalue weighted by atomic mass is 9.84. The molecule has 0 radical (unpaired) electrons. The van der Waals surface area contributed by atoms with Crippen LogP contribution in [0, 0.1) is 5.41 Å². The smallest absolute Gasteiger partial charge is 0.289 e. The molecule has 0 bridgehead atoms. The van der Waals surface area contributed by atoms with Crippen LogP contribution < -0.4 is 10.7 Å². The summed E-state index contributed by atoms with van der Waals surface area (Å²) < 4.78 is 0. The molecule has 1 atom stereocenters. The molecule has 1 unspecified atom stereocenters. The Bertz CT molecular complexity index is 817. The average Bonchev–Trinajstić information content (AvgIpc) is 2.76. The number of thioether (sulfide) groups is 1. The summed E-state index contributed by atoms with van der Waals surface area (Å²) in [5, 5.41) is 12.4. The van der Waals surface area contributed by atoms with Gasteiger partial charge in [-0.1, -0.05) is 30.4 Å². The van der Waals surface area contributed by atoms with Gasteiger partial charge in [0.1, 0.15) is 21.3 Å². The van der Waals surface area contributed by atoms with Crippen molar-refractivity contribution >= 4 is 52.0 Å². The van der Waals surface area contributed by atoms with Crippen molar-refractivity contribution in [2.75, 3.05) is 18.3 Å². The second kappa shape index (κ2) is 5.80. The lowest BCUT2D eigenvalue weighted by Gasteiger charge is -2.37. The number of thiocarbonyl (C=S) groups is 1. The van der Waals surface area contributed by atoms with Gasteiger partial charge in [-0.2, -0.15) is 5.01 Å². The molecule has 2 aliphatic heterocycles. The molecule has 0 spiro atoms. The molecule has 0 aromatic heterocycles. The predicted molar refractivity (Wildman–Crippen MR) is 103 cm³/mol. The summed E-state index contributed by atoms with van der Waals surface area (Å²) >= 11 is 6.44. The van der Waals surface area contributed by atoms with E-state index in [1.165, 1.54) is 16.8 Å². The molecule has 0 aliphatic carbocycles. The highest BCUT2D eigenvalue weighted by Crippen LogP contribution is 2.39. The average molecular weight is 359 g/mol. The minimum atomic E-state index is -1.01. The molecule has 3 rings (SSSR count). The van der Waals surface area contributed by atoms with E-state index in [0.29, 0.717) is 16.3 Å². The number of anilines is 1. The number of para-hydroxylation sites is 1. The van der Waals surface area contributed by atoms with Gasteiger partial charge in [0.05, 0.1) is 17.0 Å². The number of amides is 1. The summed E-state index contributed by atoms with van der Waals surface area (Å²) in [6.07, 6.45) is 1.83. The van der Waals surface area contributed by atoms with Crippen LogP contribution in [0.3, 0.4) is 0 Å². The summed E-state index contributed by atoms with van der Waals surface area (Å²) in [6, 6.07) is 9.30. The third-order valence-electron chi connectivity index (χ3n) is 4.41. The lowest BCUT2D eigenvalue weighted by molar-refractivity contribution is -0.113. The fourth-order valence-electron chi connectivity index (χ4n) is 2.98. The third-order valence-corrected chi connectivity index (χ3v) is 5.29. The van der Waals surface area contributed by atoms with E-state index in [9.17, 15) is 4.79 Å². The number of carbonyl (C=O) groups excluding carboxylic acids is 1. The van der Waals surface area contributed by atoms with Crippen molar-refractivity contribution in [2.45, 2.75) is 12.5 Å². The van der Waals surface area contributed by atoms with E-state index in [0.717, 1.165) is 5.69 Å². The van der Waals surface area contributed by atoms with Gasteiger partial charge in [-0.15, -0.1) is 11.8 Å². The van der Waals surface area contributed by atoms with E-state index in [1.54, 1.807) is 19.0 Å². The first-order valence-electron chi connectivity index (χ1n) is 7.24. The Balaban J connectivity index is 2.18. The predicted octanol–water partition coefficient (Wildman–Crippen LogP) is 1.97. The van der Waals surface area contributed by atoms with Gasteiger partial charge in [-0.05, 0) is 25.3 Å². The van der Waals surface area contributed by atoms with Crippen LogP contribution >= 0.6 is 24.0 Å². The molecule has 0 saturated carbocycles. The van der Waals surface area contributed by atoms with Gasteiger partial charge in [0.15, 0.2) is 0 Å². The van der Waals surface area contributed by atoms with Crippen molar-refractivity contribution in [1.29, 1.82) is 5.41 Å². The molecule has 124 valence electrons. The SMILES string of the molecule is CSC1=C(C(N)=S)C(=N)C2(C)C(=N1)C(=O)N(c1ccccc1)N2C. The summed E-state index contributed by atoms with van der Waals surface area (Å²) in [5.74, 6) is -0.246. The van der Waals surface area contributed by atoms with Crippen LogP contribution in [-0.2, 0) is 4.79 Å². The molecule has 6 nitrogen and oxygen atoms in total. The molecule has 1 aromatic carbocycles. The van der Waals surface area contributed by atoms with Crippen LogP contribution in [0.4, 0.5) is 5.69 Å². The highest BCUT2D eigenvalue weighted by atomic mass is 32.2. The number of nitrogens with one attached hydrogen (secondary N) is 1. The van der Waals surface area contributed by atoms with Crippen LogP contribution in [0.15, 0.2) is 45.9 Å². The van der Waals surface area contributed by atoms with E-state index in [-0.39, 0.29) is 16.6 Å². The van der Waals surface area contributed by atoms with Crippen LogP contribution in [0.25, 0.3) is 0 Å². The minimum absolute atomic E-state index is 0.118. The van der Waals surface area contributed by atoms with Gasteiger partial charge in [0.25, 0.3) is 5.91 Å². The zero-order chi connectivity index (χ0) is 17.6. The van der Waals surface area contributed by atoms with E-state index in [1.807, 2.05) is 36.6 Å². The third kappa shape index (κ3) is 2.14. The molecule has 3 N–H and O–H groups in total. The minimum Gasteiger partial charge on any atom is -0.389 e. The first-order chi connectivity index (χ1) is 11.3. The zero-order valence-corrected chi connectivity index (χ0v) is 15.2. The molecule has 2 aliphatic rings. The molecule has 1 amide bonds. The maximum Gasteiger partial charge on any atom is 0.289 e. The highest BCUT2D eigenvalue weighted by Gasteiger charge is 2.57. The van der Waals surface area contributed by atoms with Crippen LogP contribution in [-0.4, -0.2) is 46.2 Å². The van der Waals surface area contributed by atoms with Crippen molar-refractivity contribution in [3.63, 3.8) is 0 Å². The summed E-state index contributed by atoms with van der Waals surface area (Å²) in [5.41, 5.74) is 6.47. The van der Waals surface area contributed by atoms with Crippen molar-refractivity contribution in [1.82, 2.24) is 5.01 Å². The molecule has 8 heteroatoms. The van der Waals surface area contributed by atoms with Gasteiger partial charge < -0.3 is 11.1 Å². The van der Waals surface area contributed by atoms with E-state index >= 15 is 0 Å². The Morgan fingerprint density at radius 1 is 1.38 bits per heavy atom. The van der Waals surface area contributed by atoms with Crippen LogP contribution in [0.5, 0.6) is 0 Å². The van der Waals surface area contributed by atoms with Crippen molar-refractivity contribution < 1.29 is 4.79 Å². The monoisotopic (exact) mass is 359 g/mol. The van der Waals surface area contributed by atoms with Crippen LogP contribution in [0.2, 0.25) is 0 Å². The van der Waals surface area contributed by atoms with Gasteiger partial charge in [-0.25, -0.2) is 10.0 Å². The summed E-state index contributed by atoms with van der Waals surface area (Å²) in [4.78, 5) is 17.6. The molecule has 1 aromatic rings. The number of aliphatic imine (C=N–C) groups is 1. The summed E-state index contributed by atoms with van der Waals surface area (Å²) in [7, 11) is 1.77. The first-order valence-corrected chi connectivity index (χ1v) is 8.87. The number of nitrogens with zero attached hydrogens (tertiary/aromatic N) is 3. The molecular formula is C16H17N5OS2. The van der Waals surface area contributed by atoms with Crippen molar-refractivity contribution in [2.24, 2.45) is 10.7 Å². The Morgan fingerprint density at radius 3 is 2.54 bits per heavy atom. The van der Waals surface area contributed by atoms with E-state index in [4.69, 9.17) is 23.4 Å². The van der Waals surface area contributed by atoms with Gasteiger partial charge in [0.2, 0.25) is 0 Å². The number of fused-ring (bicyclic) bond motifs is 1. The molecular weight excluding hydrogens is 342 g/mol. The molecule has 1 fully saturated rings. The number of benzene rings is 1. The number of hydrogen-bond donors (Lipinski definition) is 2. The normalized spacial score (nSPS) is 24.3. The van der Waals surface area contributed by atoms with Crippen LogP contribution in [0.1, 0.15) is 6.92 Å². The number of hydrazine groups is 1. The highest BCUT2D eigenvalue weighted by molar-refractivity contribution is 8.02. The second-order valence-corrected chi connectivity index (χ2v) is 6.87. The molecule has 1 saturated heterocycles. The van der Waals surface area contributed by atoms with E-state index in [2.05, 4.69) is 4.99 Å². The van der Waals surface area contributed by atoms with Crippen molar-refractivity contribution in [3.05, 3.63) is 40.9 Å². The molecule has 24 heavy (non-hydrogen) atoms. The van der Waals surface area contributed by atoms with Crippen molar-refractivity contribution in [3.8, 4) is 0 Å². The van der Waals surface area contributed by atoms with E-state index < -0.39 is 5.54 Å². The number of nitrogens with two attached hydrogens (primary N) is 1. The van der Waals surface area contributed by atoms with Gasteiger partial charge >= 0.3 is 0 Å². The topological polar surface area (TPSA) is 85.8 Å². The maximum absolute atomic E-state index is 13.0. The molecule has 2 heterocycles. The van der Waals surface area contributed by atoms with Gasteiger partial charge in [-0.3, -0.25) is 4.79 Å². The fourth-order valence-corrected chi connectivity index (χ4v) is 3.84. The number of carbonyl (C=O) groups is 1. The van der Waals surface area contributed by atoms with Gasteiger partial charge in [0, 0.05) is 7.05 Å². The largest absolute Gasteiger partial charge is 0.389 e. The Hall–Kier alpha value is -2.03. The second-order valence-electron chi connectivity index (χ2n) is 5.63. The first kappa shape index (κ1) is 16.8. The number of hydrogen-bond acceptors (Lipinski definition) is 6. The fraction of sp³-hybridized carbons (Fsp3) is 0.250. The lowest BCUT2D eigenvalue weighted by Crippen LogP contribution is -2.56. The summed E-state index contributed by atoms with van der Waals surface area (Å²) in [6.45, 7) is 1.80. The zero-order valence-electron chi connectivity index (χ0n) is 13.5. The Labute approximate surface area is 149 Å². The standard InChI is InChI=1S/C16H17N5OS2/c1-16-11(17)10(13(18)23)14(24-3)19-12(16)15(22)21(20(16)2)9-7-5-4-6-8-9/h4-8,17H,1-3H3,(H2,18,23). The number of rotatable bonds is 3. The Kier molecular flexibility index (Phi) is 4.06. The Morgan fingerprint density at radius 2 is 2.00 bits per heavy atom. The maximum atomic E-state index is 13.0.